The summed E-state index contributed by atoms with van der Waals surface area (Å²) in [7, 11) is 0. The molecule has 0 amide bonds. The van der Waals surface area contributed by atoms with Crippen LogP contribution in [0.25, 0.3) is 4.96 Å². The molecule has 0 aliphatic rings. The maximum Gasteiger partial charge on any atom is 0.358 e. The first-order valence-corrected chi connectivity index (χ1v) is 7.49. The molecule has 110 valence electrons. The fourth-order valence-electron chi connectivity index (χ4n) is 2.22. The van der Waals surface area contributed by atoms with Crippen molar-refractivity contribution in [3.63, 3.8) is 0 Å². The number of carboxylic acid groups (broad SMARTS) is 1. The van der Waals surface area contributed by atoms with Gasteiger partial charge in [-0.05, 0) is 12.3 Å². The van der Waals surface area contributed by atoms with Crippen LogP contribution in [0, 0.1) is 5.92 Å². The highest BCUT2D eigenvalue weighted by Crippen LogP contribution is 2.16. The summed E-state index contributed by atoms with van der Waals surface area (Å²) in [5.74, 6) is -0.714. The van der Waals surface area contributed by atoms with E-state index in [2.05, 4.69) is 15.3 Å². The first-order valence-electron chi connectivity index (χ1n) is 6.61. The number of thiazole rings is 1. The summed E-state index contributed by atoms with van der Waals surface area (Å²) in [6.45, 7) is 4.50. The number of aromatic nitrogens is 5. The predicted octanol–water partition coefficient (Wildman–Crippen LogP) is 1.93. The molecule has 0 unspecified atom stereocenters. The first kappa shape index (κ1) is 13.7. The summed E-state index contributed by atoms with van der Waals surface area (Å²) >= 11 is 1.56. The minimum atomic E-state index is -1.04. The van der Waals surface area contributed by atoms with Crippen molar-refractivity contribution in [3.8, 4) is 0 Å². The highest BCUT2D eigenvalue weighted by molar-refractivity contribution is 7.15. The van der Waals surface area contributed by atoms with Crippen molar-refractivity contribution in [1.82, 2.24) is 24.4 Å². The highest BCUT2D eigenvalue weighted by atomic mass is 32.1. The van der Waals surface area contributed by atoms with Gasteiger partial charge in [0, 0.05) is 17.8 Å². The van der Waals surface area contributed by atoms with E-state index < -0.39 is 5.97 Å². The predicted molar refractivity (Wildman–Crippen MR) is 77.7 cm³/mol. The first-order chi connectivity index (χ1) is 10.0. The normalized spacial score (nSPS) is 11.6. The van der Waals surface area contributed by atoms with Gasteiger partial charge < -0.3 is 5.11 Å². The lowest BCUT2D eigenvalue weighted by Gasteiger charge is -2.07. The molecule has 0 atom stereocenters. The van der Waals surface area contributed by atoms with E-state index in [0.717, 1.165) is 10.7 Å². The highest BCUT2D eigenvalue weighted by Gasteiger charge is 2.20. The summed E-state index contributed by atoms with van der Waals surface area (Å²) in [6.07, 6.45) is 4.49. The van der Waals surface area contributed by atoms with Crippen LogP contribution in [-0.4, -0.2) is 35.5 Å². The van der Waals surface area contributed by atoms with Crippen LogP contribution in [0.15, 0.2) is 17.8 Å². The van der Waals surface area contributed by atoms with Gasteiger partial charge in [0.2, 0.25) is 0 Å². The van der Waals surface area contributed by atoms with Gasteiger partial charge in [-0.2, -0.15) is 0 Å². The Kier molecular flexibility index (Phi) is 3.46. The van der Waals surface area contributed by atoms with E-state index in [9.17, 15) is 9.90 Å². The van der Waals surface area contributed by atoms with Crippen molar-refractivity contribution in [2.75, 3.05) is 0 Å². The largest absolute Gasteiger partial charge is 0.476 e. The summed E-state index contributed by atoms with van der Waals surface area (Å²) in [6, 6.07) is 0. The minimum Gasteiger partial charge on any atom is -0.476 e. The van der Waals surface area contributed by atoms with E-state index in [4.69, 9.17) is 0 Å². The zero-order chi connectivity index (χ0) is 15.0. The molecule has 0 saturated heterocycles. The Bertz CT molecular complexity index is 757. The van der Waals surface area contributed by atoms with Crippen LogP contribution in [0.5, 0.6) is 0 Å². The number of rotatable bonds is 5. The summed E-state index contributed by atoms with van der Waals surface area (Å²) in [5, 5.41) is 18.9. The van der Waals surface area contributed by atoms with Crippen LogP contribution in [0.3, 0.4) is 0 Å². The molecule has 8 heteroatoms. The molecule has 0 fully saturated rings. The fraction of sp³-hybridized carbons (Fsp3) is 0.385. The molecule has 0 spiro atoms. The number of hydrogen-bond acceptors (Lipinski definition) is 5. The van der Waals surface area contributed by atoms with E-state index in [1.165, 1.54) is 0 Å². The number of imidazole rings is 1. The summed E-state index contributed by atoms with van der Waals surface area (Å²) in [5.41, 5.74) is 1.52. The van der Waals surface area contributed by atoms with Crippen molar-refractivity contribution in [3.05, 3.63) is 34.9 Å². The van der Waals surface area contributed by atoms with Gasteiger partial charge in [-0.25, -0.2) is 14.5 Å². The molecule has 0 saturated carbocycles. The smallest absolute Gasteiger partial charge is 0.358 e. The molecular formula is C13H15N5O2S. The standard InChI is InChI=1S/C13H15N5O2S/c1-8(2)5-10-11(12(19)20)15-16-18(10)7-9-6-17-3-4-21-13(17)14-9/h3-4,6,8H,5,7H2,1-2H3,(H,19,20). The van der Waals surface area contributed by atoms with E-state index in [1.807, 2.05) is 36.0 Å². The number of carboxylic acids is 1. The zero-order valence-corrected chi connectivity index (χ0v) is 12.5. The van der Waals surface area contributed by atoms with E-state index in [1.54, 1.807) is 16.0 Å². The van der Waals surface area contributed by atoms with E-state index in [-0.39, 0.29) is 5.69 Å². The monoisotopic (exact) mass is 305 g/mol. The molecule has 3 aromatic heterocycles. The molecule has 0 aromatic carbocycles. The quantitative estimate of drug-likeness (QED) is 0.778. The molecular weight excluding hydrogens is 290 g/mol. The molecule has 0 radical (unpaired) electrons. The van der Waals surface area contributed by atoms with E-state index in [0.29, 0.717) is 24.6 Å². The number of hydrogen-bond donors (Lipinski definition) is 1. The maximum absolute atomic E-state index is 11.2. The lowest BCUT2D eigenvalue weighted by atomic mass is 10.1. The Morgan fingerprint density at radius 2 is 2.29 bits per heavy atom. The second-order valence-corrected chi connectivity index (χ2v) is 6.14. The zero-order valence-electron chi connectivity index (χ0n) is 11.7. The van der Waals surface area contributed by atoms with Crippen molar-refractivity contribution in [2.45, 2.75) is 26.8 Å². The Balaban J connectivity index is 1.93. The van der Waals surface area contributed by atoms with Crippen LogP contribution in [0.2, 0.25) is 0 Å². The summed E-state index contributed by atoms with van der Waals surface area (Å²) in [4.78, 5) is 16.6. The third kappa shape index (κ3) is 2.66. The van der Waals surface area contributed by atoms with Gasteiger partial charge in [-0.3, -0.25) is 4.40 Å². The lowest BCUT2D eigenvalue weighted by Crippen LogP contribution is -2.12. The molecule has 1 N–H and O–H groups in total. The van der Waals surface area contributed by atoms with Gasteiger partial charge in [0.15, 0.2) is 10.7 Å². The summed E-state index contributed by atoms with van der Waals surface area (Å²) < 4.78 is 3.58. The third-order valence-electron chi connectivity index (χ3n) is 3.10. The van der Waals surface area contributed by atoms with Gasteiger partial charge in [0.25, 0.3) is 0 Å². The van der Waals surface area contributed by atoms with Crippen molar-refractivity contribution in [1.29, 1.82) is 0 Å². The number of aromatic carboxylic acids is 1. The Hall–Kier alpha value is -2.22. The minimum absolute atomic E-state index is 0.0321. The number of nitrogens with zero attached hydrogens (tertiary/aromatic N) is 5. The number of fused-ring (bicyclic) bond motifs is 1. The number of carbonyl (C=O) groups is 1. The third-order valence-corrected chi connectivity index (χ3v) is 3.87. The van der Waals surface area contributed by atoms with E-state index >= 15 is 0 Å². The fourth-order valence-corrected chi connectivity index (χ4v) is 2.94. The molecule has 0 aliphatic heterocycles. The van der Waals surface area contributed by atoms with Crippen molar-refractivity contribution in [2.24, 2.45) is 5.92 Å². The average Bonchev–Trinajstić information content (AvgIpc) is 3.04. The molecule has 21 heavy (non-hydrogen) atoms. The van der Waals surface area contributed by atoms with Crippen LogP contribution in [0.1, 0.15) is 35.7 Å². The molecule has 0 aliphatic carbocycles. The van der Waals surface area contributed by atoms with Crippen LogP contribution < -0.4 is 0 Å². The molecule has 3 heterocycles. The maximum atomic E-state index is 11.2. The molecule has 7 nitrogen and oxygen atoms in total. The van der Waals surface area contributed by atoms with Crippen LogP contribution in [-0.2, 0) is 13.0 Å². The Morgan fingerprint density at radius 3 is 2.95 bits per heavy atom. The topological polar surface area (TPSA) is 85.3 Å². The lowest BCUT2D eigenvalue weighted by molar-refractivity contribution is 0.0689. The van der Waals surface area contributed by atoms with Gasteiger partial charge in [-0.1, -0.05) is 19.1 Å². The van der Waals surface area contributed by atoms with Crippen LogP contribution >= 0.6 is 11.3 Å². The van der Waals surface area contributed by atoms with Gasteiger partial charge in [0.1, 0.15) is 0 Å². The molecule has 0 bridgehead atoms. The SMILES string of the molecule is CC(C)Cc1c(C(=O)O)nnn1Cc1cn2ccsc2n1. The second-order valence-electron chi connectivity index (χ2n) is 5.27. The van der Waals surface area contributed by atoms with Gasteiger partial charge >= 0.3 is 5.97 Å². The Morgan fingerprint density at radius 1 is 1.48 bits per heavy atom. The Labute approximate surface area is 124 Å². The van der Waals surface area contributed by atoms with Gasteiger partial charge in [-0.15, -0.1) is 16.4 Å². The van der Waals surface area contributed by atoms with Crippen molar-refractivity contribution >= 4 is 22.3 Å². The van der Waals surface area contributed by atoms with Crippen molar-refractivity contribution < 1.29 is 9.90 Å². The second kappa shape index (κ2) is 5.28. The van der Waals surface area contributed by atoms with Crippen LogP contribution in [0.4, 0.5) is 0 Å². The average molecular weight is 305 g/mol. The van der Waals surface area contributed by atoms with Gasteiger partial charge in [0.05, 0.1) is 17.9 Å². The molecule has 3 aromatic rings. The molecule has 3 rings (SSSR count).